The number of benzene rings is 1. The van der Waals surface area contributed by atoms with Gasteiger partial charge in [0.05, 0.1) is 6.10 Å². The van der Waals surface area contributed by atoms with Gasteiger partial charge in [0.15, 0.2) is 0 Å². The summed E-state index contributed by atoms with van der Waals surface area (Å²) in [7, 11) is 0. The lowest BCUT2D eigenvalue weighted by molar-refractivity contribution is 0.00933. The van der Waals surface area contributed by atoms with E-state index >= 15 is 0 Å². The Bertz CT molecular complexity index is 386. The number of hydrogen-bond acceptors (Lipinski definition) is 2. The van der Waals surface area contributed by atoms with E-state index in [1.54, 1.807) is 0 Å². The van der Waals surface area contributed by atoms with Crippen molar-refractivity contribution in [1.82, 2.24) is 0 Å². The SMILES string of the molecule is Cc1ccc2c(c1)C1CCCC(O)C1O2. The van der Waals surface area contributed by atoms with Crippen LogP contribution in [0.2, 0.25) is 0 Å². The van der Waals surface area contributed by atoms with Gasteiger partial charge >= 0.3 is 0 Å². The smallest absolute Gasteiger partial charge is 0.131 e. The first kappa shape index (κ1) is 9.22. The molecule has 1 saturated carbocycles. The molecule has 0 bridgehead atoms. The molecule has 0 amide bonds. The van der Waals surface area contributed by atoms with Crippen LogP contribution in [0.15, 0.2) is 18.2 Å². The Hall–Kier alpha value is -1.02. The van der Waals surface area contributed by atoms with Crippen LogP contribution in [-0.2, 0) is 0 Å². The molecule has 0 aromatic heterocycles. The molecule has 1 aromatic carbocycles. The highest BCUT2D eigenvalue weighted by molar-refractivity contribution is 5.44. The van der Waals surface area contributed by atoms with Gasteiger partial charge in [-0.2, -0.15) is 0 Å². The first-order chi connectivity index (χ1) is 7.25. The quantitative estimate of drug-likeness (QED) is 0.703. The van der Waals surface area contributed by atoms with Gasteiger partial charge < -0.3 is 9.84 Å². The van der Waals surface area contributed by atoms with E-state index in [-0.39, 0.29) is 12.2 Å². The number of aryl methyl sites for hydroxylation is 1. The van der Waals surface area contributed by atoms with Crippen molar-refractivity contribution >= 4 is 0 Å². The van der Waals surface area contributed by atoms with Crippen LogP contribution in [0.4, 0.5) is 0 Å². The summed E-state index contributed by atoms with van der Waals surface area (Å²) < 4.78 is 5.83. The average Bonchev–Trinajstić information content (AvgIpc) is 2.58. The second kappa shape index (κ2) is 3.24. The predicted octanol–water partition coefficient (Wildman–Crippen LogP) is 2.38. The van der Waals surface area contributed by atoms with Crippen molar-refractivity contribution in [3.8, 4) is 5.75 Å². The standard InChI is InChI=1S/C13H16O2/c1-8-5-6-12-10(7-8)9-3-2-4-11(14)13(9)15-12/h5-7,9,11,13-14H,2-4H2,1H3. The van der Waals surface area contributed by atoms with Crippen molar-refractivity contribution < 1.29 is 9.84 Å². The zero-order valence-corrected chi connectivity index (χ0v) is 8.94. The molecule has 0 radical (unpaired) electrons. The van der Waals surface area contributed by atoms with Crippen molar-refractivity contribution in [3.05, 3.63) is 29.3 Å². The second-order valence-corrected chi connectivity index (χ2v) is 4.73. The Morgan fingerprint density at radius 3 is 3.07 bits per heavy atom. The van der Waals surface area contributed by atoms with Gasteiger partial charge in [-0.15, -0.1) is 0 Å². The Morgan fingerprint density at radius 2 is 2.20 bits per heavy atom. The number of hydrogen-bond donors (Lipinski definition) is 1. The van der Waals surface area contributed by atoms with Crippen LogP contribution < -0.4 is 4.74 Å². The lowest BCUT2D eigenvalue weighted by atomic mass is 9.81. The molecule has 15 heavy (non-hydrogen) atoms. The fraction of sp³-hybridized carbons (Fsp3) is 0.538. The lowest BCUT2D eigenvalue weighted by Gasteiger charge is -2.29. The maximum Gasteiger partial charge on any atom is 0.131 e. The maximum absolute atomic E-state index is 9.90. The molecule has 2 heteroatoms. The molecule has 1 aliphatic carbocycles. The molecule has 3 rings (SSSR count). The first-order valence-electron chi connectivity index (χ1n) is 5.71. The van der Waals surface area contributed by atoms with Crippen LogP contribution in [0, 0.1) is 6.92 Å². The zero-order valence-electron chi connectivity index (χ0n) is 8.94. The summed E-state index contributed by atoms with van der Waals surface area (Å²) in [6.45, 7) is 2.10. The molecule has 1 heterocycles. The van der Waals surface area contributed by atoms with Gasteiger partial charge in [-0.1, -0.05) is 17.7 Å². The van der Waals surface area contributed by atoms with Gasteiger partial charge in [0.1, 0.15) is 11.9 Å². The fourth-order valence-electron chi connectivity index (χ4n) is 2.85. The van der Waals surface area contributed by atoms with Gasteiger partial charge in [-0.3, -0.25) is 0 Å². The van der Waals surface area contributed by atoms with E-state index < -0.39 is 0 Å². The van der Waals surface area contributed by atoms with E-state index in [0.717, 1.165) is 25.0 Å². The van der Waals surface area contributed by atoms with Crippen molar-refractivity contribution in [2.75, 3.05) is 0 Å². The molecule has 1 N–H and O–H groups in total. The van der Waals surface area contributed by atoms with Gasteiger partial charge in [0.2, 0.25) is 0 Å². The van der Waals surface area contributed by atoms with Crippen LogP contribution in [0.25, 0.3) is 0 Å². The summed E-state index contributed by atoms with van der Waals surface area (Å²) in [6.07, 6.45) is 2.87. The van der Waals surface area contributed by atoms with E-state index in [1.807, 2.05) is 6.07 Å². The van der Waals surface area contributed by atoms with Crippen LogP contribution in [0.3, 0.4) is 0 Å². The molecule has 1 aliphatic heterocycles. The maximum atomic E-state index is 9.90. The lowest BCUT2D eigenvalue weighted by Crippen LogP contribution is -2.36. The average molecular weight is 204 g/mol. The summed E-state index contributed by atoms with van der Waals surface area (Å²) in [5.41, 5.74) is 2.58. The first-order valence-corrected chi connectivity index (χ1v) is 5.71. The normalized spacial score (nSPS) is 33.1. The summed E-state index contributed by atoms with van der Waals surface area (Å²) in [4.78, 5) is 0. The minimum absolute atomic E-state index is 0.00977. The van der Waals surface area contributed by atoms with Crippen molar-refractivity contribution in [2.24, 2.45) is 0 Å². The van der Waals surface area contributed by atoms with Crippen molar-refractivity contribution in [2.45, 2.75) is 44.3 Å². The van der Waals surface area contributed by atoms with Crippen LogP contribution >= 0.6 is 0 Å². The minimum atomic E-state index is -0.281. The molecule has 1 fully saturated rings. The second-order valence-electron chi connectivity index (χ2n) is 4.73. The molecule has 3 unspecified atom stereocenters. The molecular weight excluding hydrogens is 188 g/mol. The van der Waals surface area contributed by atoms with Crippen molar-refractivity contribution in [1.29, 1.82) is 0 Å². The molecule has 2 aliphatic rings. The number of fused-ring (bicyclic) bond motifs is 3. The third kappa shape index (κ3) is 1.36. The monoisotopic (exact) mass is 204 g/mol. The molecular formula is C13H16O2. The van der Waals surface area contributed by atoms with Crippen molar-refractivity contribution in [3.63, 3.8) is 0 Å². The number of ether oxygens (including phenoxy) is 1. The molecule has 80 valence electrons. The highest BCUT2D eigenvalue weighted by atomic mass is 16.5. The summed E-state index contributed by atoms with van der Waals surface area (Å²) in [5.74, 6) is 1.40. The van der Waals surface area contributed by atoms with Gasteiger partial charge in [0, 0.05) is 11.5 Å². The number of aliphatic hydroxyl groups is 1. The highest BCUT2D eigenvalue weighted by Gasteiger charge is 2.41. The molecule has 1 aromatic rings. The van der Waals surface area contributed by atoms with Crippen LogP contribution in [-0.4, -0.2) is 17.3 Å². The predicted molar refractivity (Wildman–Crippen MR) is 58.2 cm³/mol. The van der Waals surface area contributed by atoms with E-state index in [0.29, 0.717) is 5.92 Å². The minimum Gasteiger partial charge on any atom is -0.487 e. The zero-order chi connectivity index (χ0) is 10.4. The number of aliphatic hydroxyl groups excluding tert-OH is 1. The highest BCUT2D eigenvalue weighted by Crippen LogP contribution is 2.45. The molecule has 0 spiro atoms. The third-order valence-electron chi connectivity index (χ3n) is 3.62. The van der Waals surface area contributed by atoms with E-state index in [1.165, 1.54) is 11.1 Å². The number of rotatable bonds is 0. The van der Waals surface area contributed by atoms with Gasteiger partial charge in [-0.05, 0) is 32.3 Å². The Morgan fingerprint density at radius 1 is 1.33 bits per heavy atom. The van der Waals surface area contributed by atoms with Crippen LogP contribution in [0.1, 0.15) is 36.3 Å². The molecule has 0 saturated heterocycles. The van der Waals surface area contributed by atoms with E-state index in [9.17, 15) is 5.11 Å². The Labute approximate surface area is 89.9 Å². The summed E-state index contributed by atoms with van der Waals surface area (Å²) in [5, 5.41) is 9.90. The Balaban J connectivity index is 2.01. The van der Waals surface area contributed by atoms with E-state index in [2.05, 4.69) is 19.1 Å². The van der Waals surface area contributed by atoms with Gasteiger partial charge in [0.25, 0.3) is 0 Å². The topological polar surface area (TPSA) is 29.5 Å². The largest absolute Gasteiger partial charge is 0.487 e. The molecule has 2 nitrogen and oxygen atoms in total. The summed E-state index contributed by atoms with van der Waals surface area (Å²) >= 11 is 0. The summed E-state index contributed by atoms with van der Waals surface area (Å²) in [6, 6.07) is 6.32. The third-order valence-corrected chi connectivity index (χ3v) is 3.62. The van der Waals surface area contributed by atoms with E-state index in [4.69, 9.17) is 4.74 Å². The Kier molecular flexibility index (Phi) is 1.99. The fourth-order valence-corrected chi connectivity index (χ4v) is 2.85. The van der Waals surface area contributed by atoms with Gasteiger partial charge in [-0.25, -0.2) is 0 Å². The van der Waals surface area contributed by atoms with Crippen LogP contribution in [0.5, 0.6) is 5.75 Å². The molecule has 3 atom stereocenters.